The number of para-hydroxylation sites is 1. The summed E-state index contributed by atoms with van der Waals surface area (Å²) >= 11 is 0. The molecule has 1 N–H and O–H groups in total. The van der Waals surface area contributed by atoms with Crippen molar-refractivity contribution in [3.05, 3.63) is 62.9 Å². The van der Waals surface area contributed by atoms with Crippen LogP contribution in [0.1, 0.15) is 42.5 Å². The fourth-order valence-corrected chi connectivity index (χ4v) is 4.52. The Morgan fingerprint density at radius 2 is 2.00 bits per heavy atom. The smallest absolute Gasteiger partial charge is 0.343 e. The standard InChI is InChI=1S/C22H20N2O4/c1-3-12-13-7-5-6-8-17(13)23-19-14(12)10-24-18(19)9-16-15(20(24)25)11-28-21(26)22(16,27)4-2/h5-9,27H,3-4,10-11H2,1-2H3. The lowest BCUT2D eigenvalue weighted by Crippen LogP contribution is -2.44. The van der Waals surface area contributed by atoms with Crippen molar-refractivity contribution in [2.75, 3.05) is 0 Å². The zero-order valence-corrected chi connectivity index (χ0v) is 15.8. The van der Waals surface area contributed by atoms with Crippen LogP contribution in [-0.2, 0) is 34.7 Å². The summed E-state index contributed by atoms with van der Waals surface area (Å²) in [5, 5.41) is 12.0. The van der Waals surface area contributed by atoms with Gasteiger partial charge in [0.25, 0.3) is 5.56 Å². The number of cyclic esters (lactones) is 1. The molecule has 0 spiro atoms. The van der Waals surface area contributed by atoms with Crippen LogP contribution in [-0.4, -0.2) is 20.6 Å². The van der Waals surface area contributed by atoms with Gasteiger partial charge in [0.1, 0.15) is 6.61 Å². The third-order valence-electron chi connectivity index (χ3n) is 6.07. The Morgan fingerprint density at radius 3 is 2.75 bits per heavy atom. The van der Waals surface area contributed by atoms with Crippen molar-refractivity contribution in [2.45, 2.75) is 45.4 Å². The Labute approximate surface area is 161 Å². The third kappa shape index (κ3) is 2.04. The largest absolute Gasteiger partial charge is 0.458 e. The highest BCUT2D eigenvalue weighted by atomic mass is 16.6. The first kappa shape index (κ1) is 17.1. The first-order valence-electron chi connectivity index (χ1n) is 9.57. The highest BCUT2D eigenvalue weighted by Crippen LogP contribution is 2.40. The number of fused-ring (bicyclic) bond motifs is 5. The van der Waals surface area contributed by atoms with Gasteiger partial charge in [-0.25, -0.2) is 9.78 Å². The van der Waals surface area contributed by atoms with E-state index in [0.717, 1.165) is 28.6 Å². The van der Waals surface area contributed by atoms with Crippen LogP contribution in [0.15, 0.2) is 35.1 Å². The first-order chi connectivity index (χ1) is 13.5. The van der Waals surface area contributed by atoms with Gasteiger partial charge < -0.3 is 14.4 Å². The molecule has 1 atom stereocenters. The summed E-state index contributed by atoms with van der Waals surface area (Å²) in [4.78, 5) is 30.3. The number of aliphatic hydroxyl groups is 1. The Morgan fingerprint density at radius 1 is 1.21 bits per heavy atom. The van der Waals surface area contributed by atoms with E-state index in [1.165, 1.54) is 5.56 Å². The van der Waals surface area contributed by atoms with E-state index in [-0.39, 0.29) is 18.6 Å². The number of pyridine rings is 2. The molecular formula is C22H20N2O4. The van der Waals surface area contributed by atoms with Gasteiger partial charge in [-0.15, -0.1) is 0 Å². The lowest BCUT2D eigenvalue weighted by molar-refractivity contribution is -0.172. The van der Waals surface area contributed by atoms with Crippen molar-refractivity contribution in [3.63, 3.8) is 0 Å². The molecule has 0 bridgehead atoms. The number of carbonyl (C=O) groups is 1. The molecule has 5 rings (SSSR count). The van der Waals surface area contributed by atoms with Gasteiger partial charge in [0.05, 0.1) is 29.0 Å². The topological polar surface area (TPSA) is 81.4 Å². The highest BCUT2D eigenvalue weighted by molar-refractivity contribution is 5.89. The number of carbonyl (C=O) groups excluding carboxylic acids is 1. The van der Waals surface area contributed by atoms with Gasteiger partial charge in [-0.1, -0.05) is 32.0 Å². The van der Waals surface area contributed by atoms with Crippen molar-refractivity contribution in [1.29, 1.82) is 0 Å². The molecule has 4 heterocycles. The zero-order chi connectivity index (χ0) is 19.6. The number of rotatable bonds is 2. The van der Waals surface area contributed by atoms with Crippen molar-refractivity contribution in [1.82, 2.24) is 9.55 Å². The average Bonchev–Trinajstić information content (AvgIpc) is 3.08. The summed E-state index contributed by atoms with van der Waals surface area (Å²) in [5.74, 6) is -0.703. The molecule has 142 valence electrons. The SMILES string of the molecule is CCc1c2c(nc3ccccc13)-c1cc3c(c(=O)n1C2)COC(=O)C3(O)CC. The van der Waals surface area contributed by atoms with Crippen LogP contribution in [0.2, 0.25) is 0 Å². The Balaban J connectivity index is 1.84. The van der Waals surface area contributed by atoms with Crippen molar-refractivity contribution in [2.24, 2.45) is 0 Å². The minimum Gasteiger partial charge on any atom is -0.458 e. The van der Waals surface area contributed by atoms with Crippen LogP contribution in [0.25, 0.3) is 22.3 Å². The molecule has 6 nitrogen and oxygen atoms in total. The second-order valence-electron chi connectivity index (χ2n) is 7.39. The van der Waals surface area contributed by atoms with Gasteiger partial charge in [0.2, 0.25) is 0 Å². The number of hydrogen-bond donors (Lipinski definition) is 1. The molecule has 2 aliphatic rings. The summed E-state index contributed by atoms with van der Waals surface area (Å²) in [6.07, 6.45) is 0.967. The molecule has 3 aromatic rings. The van der Waals surface area contributed by atoms with E-state index in [9.17, 15) is 14.7 Å². The molecule has 0 radical (unpaired) electrons. The number of benzene rings is 1. The number of ether oxygens (including phenoxy) is 1. The highest BCUT2D eigenvalue weighted by Gasteiger charge is 2.45. The van der Waals surface area contributed by atoms with Crippen LogP contribution >= 0.6 is 0 Å². The van der Waals surface area contributed by atoms with Gasteiger partial charge in [0, 0.05) is 16.5 Å². The summed E-state index contributed by atoms with van der Waals surface area (Å²) in [7, 11) is 0. The molecule has 28 heavy (non-hydrogen) atoms. The summed E-state index contributed by atoms with van der Waals surface area (Å²) in [6, 6.07) is 9.72. The van der Waals surface area contributed by atoms with Gasteiger partial charge in [-0.3, -0.25) is 4.79 Å². The fourth-order valence-electron chi connectivity index (χ4n) is 4.52. The maximum atomic E-state index is 13.2. The van der Waals surface area contributed by atoms with E-state index in [1.54, 1.807) is 17.6 Å². The predicted octanol–water partition coefficient (Wildman–Crippen LogP) is 2.64. The molecule has 1 aromatic carbocycles. The van der Waals surface area contributed by atoms with Crippen LogP contribution in [0.4, 0.5) is 0 Å². The lowest BCUT2D eigenvalue weighted by atomic mass is 9.86. The minimum atomic E-state index is -1.80. The summed E-state index contributed by atoms with van der Waals surface area (Å²) in [6.45, 7) is 4.13. The van der Waals surface area contributed by atoms with Gasteiger partial charge in [-0.05, 0) is 30.5 Å². The van der Waals surface area contributed by atoms with Crippen LogP contribution in [0.5, 0.6) is 0 Å². The summed E-state index contributed by atoms with van der Waals surface area (Å²) in [5.41, 5.74) is 3.18. The van der Waals surface area contributed by atoms with Gasteiger partial charge in [-0.2, -0.15) is 0 Å². The van der Waals surface area contributed by atoms with E-state index < -0.39 is 11.6 Å². The van der Waals surface area contributed by atoms with Crippen molar-refractivity contribution >= 4 is 16.9 Å². The van der Waals surface area contributed by atoms with Crippen LogP contribution < -0.4 is 5.56 Å². The molecule has 0 amide bonds. The zero-order valence-electron chi connectivity index (χ0n) is 15.8. The number of nitrogens with zero attached hydrogens (tertiary/aromatic N) is 2. The first-order valence-corrected chi connectivity index (χ1v) is 9.57. The normalized spacial score (nSPS) is 19.9. The van der Waals surface area contributed by atoms with E-state index in [2.05, 4.69) is 13.0 Å². The monoisotopic (exact) mass is 376 g/mol. The summed E-state index contributed by atoms with van der Waals surface area (Å²) < 4.78 is 6.80. The fraction of sp³-hybridized carbons (Fsp3) is 0.318. The maximum absolute atomic E-state index is 13.2. The second kappa shape index (κ2) is 5.75. The molecule has 0 aliphatic carbocycles. The molecule has 0 saturated carbocycles. The number of hydrogen-bond acceptors (Lipinski definition) is 5. The molecule has 0 saturated heterocycles. The lowest BCUT2D eigenvalue weighted by Gasteiger charge is -2.31. The van der Waals surface area contributed by atoms with Crippen molar-refractivity contribution < 1.29 is 14.6 Å². The molecule has 2 aliphatic heterocycles. The number of esters is 1. The van der Waals surface area contributed by atoms with E-state index in [0.29, 0.717) is 23.4 Å². The number of aromatic nitrogens is 2. The minimum absolute atomic E-state index is 0.109. The molecule has 1 unspecified atom stereocenters. The Hall–Kier alpha value is -2.99. The van der Waals surface area contributed by atoms with Gasteiger partial charge in [0.15, 0.2) is 5.60 Å². The van der Waals surface area contributed by atoms with Crippen LogP contribution in [0, 0.1) is 0 Å². The number of aryl methyl sites for hydroxylation is 1. The second-order valence-corrected chi connectivity index (χ2v) is 7.39. The molecule has 6 heteroatoms. The van der Waals surface area contributed by atoms with E-state index >= 15 is 0 Å². The predicted molar refractivity (Wildman–Crippen MR) is 104 cm³/mol. The van der Waals surface area contributed by atoms with E-state index in [4.69, 9.17) is 9.72 Å². The third-order valence-corrected chi connectivity index (χ3v) is 6.07. The average molecular weight is 376 g/mol. The Bertz CT molecular complexity index is 1230. The molecule has 2 aromatic heterocycles. The quantitative estimate of drug-likeness (QED) is 0.544. The van der Waals surface area contributed by atoms with Crippen molar-refractivity contribution in [3.8, 4) is 11.4 Å². The van der Waals surface area contributed by atoms with E-state index in [1.807, 2.05) is 18.2 Å². The molecular weight excluding hydrogens is 356 g/mol. The Kier molecular flexibility index (Phi) is 3.52. The van der Waals surface area contributed by atoms with Gasteiger partial charge >= 0.3 is 5.97 Å². The maximum Gasteiger partial charge on any atom is 0.343 e. The molecule has 0 fully saturated rings. The van der Waals surface area contributed by atoms with Crippen LogP contribution in [0.3, 0.4) is 0 Å².